The van der Waals surface area contributed by atoms with Gasteiger partial charge in [-0.15, -0.1) is 0 Å². The van der Waals surface area contributed by atoms with Gasteiger partial charge in [-0.3, -0.25) is 0 Å². The third-order valence-corrected chi connectivity index (χ3v) is 2.19. The number of halogens is 1. The molecule has 1 aromatic carbocycles. The molecule has 1 unspecified atom stereocenters. The Kier molecular flexibility index (Phi) is 2.77. The molecule has 0 bridgehead atoms. The number of rotatable bonds is 2. The lowest BCUT2D eigenvalue weighted by molar-refractivity contribution is 0.0706. The van der Waals surface area contributed by atoms with Crippen LogP contribution in [0.1, 0.15) is 0 Å². The fourth-order valence-electron chi connectivity index (χ4n) is 1.59. The smallest absolute Gasteiger partial charge is 0.164 e. The van der Waals surface area contributed by atoms with E-state index >= 15 is 0 Å². The molecule has 1 heterocycles. The van der Waals surface area contributed by atoms with Crippen LogP contribution in [0.25, 0.3) is 0 Å². The zero-order chi connectivity index (χ0) is 10.8. The predicted octanol–water partition coefficient (Wildman–Crippen LogP) is 1.53. The number of likely N-dealkylation sites (N-methyl/N-ethyl adjacent to an activating group) is 1. The van der Waals surface area contributed by atoms with E-state index in [0.717, 1.165) is 6.54 Å². The van der Waals surface area contributed by atoms with Gasteiger partial charge in [-0.25, -0.2) is 4.39 Å². The summed E-state index contributed by atoms with van der Waals surface area (Å²) in [5, 5.41) is 0. The molecule has 4 heteroatoms. The molecule has 82 valence electrons. The van der Waals surface area contributed by atoms with Crippen LogP contribution in [0.4, 0.5) is 4.39 Å². The van der Waals surface area contributed by atoms with E-state index in [1.54, 1.807) is 6.07 Å². The van der Waals surface area contributed by atoms with E-state index in [-0.39, 0.29) is 11.9 Å². The zero-order valence-corrected chi connectivity index (χ0v) is 8.87. The fraction of sp³-hybridized carbons (Fsp3) is 0.455. The molecule has 1 aromatic rings. The zero-order valence-electron chi connectivity index (χ0n) is 8.87. The second-order valence-electron chi connectivity index (χ2n) is 3.90. The summed E-state index contributed by atoms with van der Waals surface area (Å²) in [6.45, 7) is 1.27. The average molecular weight is 211 g/mol. The molecule has 1 aliphatic heterocycles. The van der Waals surface area contributed by atoms with Gasteiger partial charge in [-0.05, 0) is 26.2 Å². The van der Waals surface area contributed by atoms with Crippen molar-refractivity contribution in [1.82, 2.24) is 4.90 Å². The number of ether oxygens (including phenoxy) is 2. The van der Waals surface area contributed by atoms with Gasteiger partial charge in [0, 0.05) is 12.6 Å². The maximum Gasteiger partial charge on any atom is 0.164 e. The van der Waals surface area contributed by atoms with Crippen molar-refractivity contribution in [3.63, 3.8) is 0 Å². The number of benzene rings is 1. The van der Waals surface area contributed by atoms with Crippen LogP contribution < -0.4 is 9.47 Å². The predicted molar refractivity (Wildman–Crippen MR) is 54.9 cm³/mol. The van der Waals surface area contributed by atoms with Gasteiger partial charge in [0.2, 0.25) is 0 Å². The maximum atomic E-state index is 12.9. The van der Waals surface area contributed by atoms with Gasteiger partial charge in [-0.2, -0.15) is 0 Å². The Morgan fingerprint density at radius 3 is 2.93 bits per heavy atom. The maximum absolute atomic E-state index is 12.9. The van der Waals surface area contributed by atoms with Crippen molar-refractivity contribution < 1.29 is 13.9 Å². The third kappa shape index (κ3) is 2.39. The first-order chi connectivity index (χ1) is 7.15. The summed E-state index contributed by atoms with van der Waals surface area (Å²) >= 11 is 0. The molecular weight excluding hydrogens is 197 g/mol. The van der Waals surface area contributed by atoms with E-state index in [1.165, 1.54) is 12.1 Å². The molecule has 0 saturated carbocycles. The van der Waals surface area contributed by atoms with E-state index in [2.05, 4.69) is 0 Å². The monoisotopic (exact) mass is 211 g/mol. The molecular formula is C11H14FNO2. The summed E-state index contributed by atoms with van der Waals surface area (Å²) in [5.74, 6) is 0.808. The van der Waals surface area contributed by atoms with E-state index in [4.69, 9.17) is 9.47 Å². The van der Waals surface area contributed by atoms with Gasteiger partial charge in [0.1, 0.15) is 18.5 Å². The summed E-state index contributed by atoms with van der Waals surface area (Å²) in [7, 11) is 3.93. The average Bonchev–Trinajstić information content (AvgIpc) is 2.16. The lowest BCUT2D eigenvalue weighted by Crippen LogP contribution is -2.38. The standard InChI is InChI=1S/C11H14FNO2/c1-13(2)6-9-7-14-10-4-3-8(12)5-11(10)15-9/h3-5,9H,6-7H2,1-2H3. The number of fused-ring (bicyclic) bond motifs is 1. The number of hydrogen-bond acceptors (Lipinski definition) is 3. The van der Waals surface area contributed by atoms with Crippen LogP contribution in [0.2, 0.25) is 0 Å². The Bertz CT molecular complexity index is 354. The van der Waals surface area contributed by atoms with Gasteiger partial charge in [-0.1, -0.05) is 0 Å². The lowest BCUT2D eigenvalue weighted by Gasteiger charge is -2.28. The molecule has 0 N–H and O–H groups in total. The summed E-state index contributed by atoms with van der Waals surface area (Å²) in [5.41, 5.74) is 0. The Labute approximate surface area is 88.4 Å². The second kappa shape index (κ2) is 4.06. The Morgan fingerprint density at radius 2 is 2.20 bits per heavy atom. The molecule has 0 aliphatic carbocycles. The first-order valence-corrected chi connectivity index (χ1v) is 4.89. The summed E-state index contributed by atoms with van der Waals surface area (Å²) in [6.07, 6.45) is -0.0331. The van der Waals surface area contributed by atoms with Crippen molar-refractivity contribution in [3.8, 4) is 11.5 Å². The highest BCUT2D eigenvalue weighted by Gasteiger charge is 2.21. The summed E-state index contributed by atoms with van der Waals surface area (Å²) < 4.78 is 24.0. The third-order valence-electron chi connectivity index (χ3n) is 2.19. The second-order valence-corrected chi connectivity index (χ2v) is 3.90. The minimum absolute atomic E-state index is 0.0331. The van der Waals surface area contributed by atoms with Gasteiger partial charge < -0.3 is 14.4 Å². The molecule has 1 aliphatic rings. The minimum atomic E-state index is -0.303. The SMILES string of the molecule is CN(C)CC1COc2ccc(F)cc2O1. The van der Waals surface area contributed by atoms with E-state index in [0.29, 0.717) is 18.1 Å². The molecule has 1 atom stereocenters. The van der Waals surface area contributed by atoms with Crippen molar-refractivity contribution in [2.45, 2.75) is 6.10 Å². The van der Waals surface area contributed by atoms with Gasteiger partial charge in [0.15, 0.2) is 11.5 Å². The molecule has 0 aromatic heterocycles. The Balaban J connectivity index is 2.11. The topological polar surface area (TPSA) is 21.7 Å². The van der Waals surface area contributed by atoms with Crippen LogP contribution in [-0.4, -0.2) is 38.3 Å². The molecule has 0 spiro atoms. The van der Waals surface area contributed by atoms with Crippen LogP contribution in [0.5, 0.6) is 11.5 Å². The van der Waals surface area contributed by atoms with Gasteiger partial charge in [0.25, 0.3) is 0 Å². The molecule has 0 fully saturated rings. The molecule has 0 radical (unpaired) electrons. The van der Waals surface area contributed by atoms with Crippen molar-refractivity contribution >= 4 is 0 Å². The van der Waals surface area contributed by atoms with Crippen molar-refractivity contribution in [2.24, 2.45) is 0 Å². The van der Waals surface area contributed by atoms with E-state index in [1.807, 2.05) is 19.0 Å². The van der Waals surface area contributed by atoms with Gasteiger partial charge >= 0.3 is 0 Å². The molecule has 0 amide bonds. The molecule has 0 saturated heterocycles. The quantitative estimate of drug-likeness (QED) is 0.740. The molecule has 2 rings (SSSR count). The summed E-state index contributed by atoms with van der Waals surface area (Å²) in [6, 6.07) is 4.32. The fourth-order valence-corrected chi connectivity index (χ4v) is 1.59. The first kappa shape index (κ1) is 10.2. The highest BCUT2D eigenvalue weighted by Crippen LogP contribution is 2.32. The highest BCUT2D eigenvalue weighted by atomic mass is 19.1. The van der Waals surface area contributed by atoms with E-state index < -0.39 is 0 Å². The largest absolute Gasteiger partial charge is 0.486 e. The Hall–Kier alpha value is -1.29. The Morgan fingerprint density at radius 1 is 1.40 bits per heavy atom. The van der Waals surface area contributed by atoms with Crippen LogP contribution in [0.15, 0.2) is 18.2 Å². The lowest BCUT2D eigenvalue weighted by atomic mass is 10.2. The van der Waals surface area contributed by atoms with Gasteiger partial charge in [0.05, 0.1) is 0 Å². The van der Waals surface area contributed by atoms with Crippen LogP contribution in [0, 0.1) is 5.82 Å². The minimum Gasteiger partial charge on any atom is -0.486 e. The van der Waals surface area contributed by atoms with Crippen molar-refractivity contribution in [3.05, 3.63) is 24.0 Å². The normalized spacial score (nSPS) is 19.3. The number of nitrogens with zero attached hydrogens (tertiary/aromatic N) is 1. The molecule has 15 heavy (non-hydrogen) atoms. The first-order valence-electron chi connectivity index (χ1n) is 4.89. The summed E-state index contributed by atoms with van der Waals surface area (Å²) in [4.78, 5) is 2.01. The van der Waals surface area contributed by atoms with Crippen molar-refractivity contribution in [2.75, 3.05) is 27.2 Å². The number of hydrogen-bond donors (Lipinski definition) is 0. The van der Waals surface area contributed by atoms with Crippen LogP contribution in [0.3, 0.4) is 0 Å². The molecule has 3 nitrogen and oxygen atoms in total. The van der Waals surface area contributed by atoms with E-state index in [9.17, 15) is 4.39 Å². The van der Waals surface area contributed by atoms with Crippen molar-refractivity contribution in [1.29, 1.82) is 0 Å². The van der Waals surface area contributed by atoms with Crippen LogP contribution >= 0.6 is 0 Å². The highest BCUT2D eigenvalue weighted by molar-refractivity contribution is 5.41. The van der Waals surface area contributed by atoms with Crippen LogP contribution in [-0.2, 0) is 0 Å².